The van der Waals surface area contributed by atoms with Gasteiger partial charge in [0.15, 0.2) is 5.13 Å². The molecule has 0 unspecified atom stereocenters. The number of pyridine rings is 1. The molecule has 3 heterocycles. The number of amides is 1. The number of carbonyl (C=O) groups excluding carboxylic acids is 1. The lowest BCUT2D eigenvalue weighted by Gasteiger charge is -2.18. The molecule has 30 heavy (non-hydrogen) atoms. The number of carbonyl (C=O) groups is 1. The van der Waals surface area contributed by atoms with Gasteiger partial charge in [-0.05, 0) is 60.3 Å². The minimum Gasteiger partial charge on any atom is -0.312 e. The molecule has 2 aromatic carbocycles. The van der Waals surface area contributed by atoms with Crippen molar-refractivity contribution in [1.82, 2.24) is 9.97 Å². The van der Waals surface area contributed by atoms with Gasteiger partial charge in [0.05, 0.1) is 11.4 Å². The molecule has 1 aliphatic rings. The van der Waals surface area contributed by atoms with Crippen molar-refractivity contribution in [2.24, 2.45) is 0 Å². The lowest BCUT2D eigenvalue weighted by molar-refractivity contribution is 0.102. The van der Waals surface area contributed by atoms with Gasteiger partial charge in [-0.2, -0.15) is 0 Å². The second-order valence-corrected chi connectivity index (χ2v) is 8.76. The van der Waals surface area contributed by atoms with Gasteiger partial charge < -0.3 is 4.31 Å². The van der Waals surface area contributed by atoms with Crippen LogP contribution in [0.25, 0.3) is 11.4 Å². The molecule has 2 aromatic heterocycles. The van der Waals surface area contributed by atoms with Crippen LogP contribution in [0.3, 0.4) is 0 Å². The maximum absolute atomic E-state index is 12.8. The number of para-hydroxylation sites is 1. The van der Waals surface area contributed by atoms with Crippen LogP contribution < -0.4 is 9.62 Å². The molecule has 0 fully saturated rings. The predicted octanol–water partition coefficient (Wildman–Crippen LogP) is 5.53. The summed E-state index contributed by atoms with van der Waals surface area (Å²) < 4.78 is 2.28. The van der Waals surface area contributed by atoms with Gasteiger partial charge in [0.25, 0.3) is 5.91 Å². The summed E-state index contributed by atoms with van der Waals surface area (Å²) in [5.74, 6) is -0.166. The highest BCUT2D eigenvalue weighted by atomic mass is 32.2. The Labute approximate surface area is 183 Å². The van der Waals surface area contributed by atoms with E-state index in [1.807, 2.05) is 47.8 Å². The van der Waals surface area contributed by atoms with E-state index in [0.717, 1.165) is 29.2 Å². The van der Waals surface area contributed by atoms with Crippen molar-refractivity contribution >= 4 is 40.0 Å². The van der Waals surface area contributed by atoms with Gasteiger partial charge in [0.1, 0.15) is 5.69 Å². The van der Waals surface area contributed by atoms with Gasteiger partial charge in [-0.1, -0.05) is 30.3 Å². The normalized spacial score (nSPS) is 12.6. The second kappa shape index (κ2) is 8.30. The van der Waals surface area contributed by atoms with Gasteiger partial charge in [-0.3, -0.25) is 15.1 Å². The van der Waals surface area contributed by atoms with Crippen LogP contribution in [-0.4, -0.2) is 22.4 Å². The summed E-state index contributed by atoms with van der Waals surface area (Å²) in [6, 6.07) is 21.8. The Kier molecular flexibility index (Phi) is 5.21. The molecule has 5 nitrogen and oxygen atoms in total. The smallest absolute Gasteiger partial charge is 0.257 e. The van der Waals surface area contributed by atoms with Crippen LogP contribution in [0.5, 0.6) is 0 Å². The van der Waals surface area contributed by atoms with Crippen molar-refractivity contribution in [1.29, 1.82) is 0 Å². The summed E-state index contributed by atoms with van der Waals surface area (Å²) in [7, 11) is 0. The van der Waals surface area contributed by atoms with Crippen LogP contribution >= 0.6 is 23.3 Å². The van der Waals surface area contributed by atoms with Gasteiger partial charge in [-0.15, -0.1) is 11.3 Å². The maximum Gasteiger partial charge on any atom is 0.257 e. The third kappa shape index (κ3) is 3.94. The SMILES string of the molecule is O=C(Nc1nc(-c2ccccn2)cs1)c1cccc(SN2CCc3ccccc32)c1. The fourth-order valence-electron chi connectivity index (χ4n) is 3.36. The minimum absolute atomic E-state index is 0.166. The van der Waals surface area contributed by atoms with Crippen LogP contribution in [0.4, 0.5) is 10.8 Å². The zero-order chi connectivity index (χ0) is 20.3. The molecular formula is C23H18N4OS2. The van der Waals surface area contributed by atoms with Crippen LogP contribution in [0, 0.1) is 0 Å². The largest absolute Gasteiger partial charge is 0.312 e. The van der Waals surface area contributed by atoms with Crippen molar-refractivity contribution in [3.05, 3.63) is 89.4 Å². The highest BCUT2D eigenvalue weighted by Gasteiger charge is 2.20. The van der Waals surface area contributed by atoms with Crippen LogP contribution in [0.1, 0.15) is 15.9 Å². The van der Waals surface area contributed by atoms with E-state index in [9.17, 15) is 4.79 Å². The number of hydrogen-bond acceptors (Lipinski definition) is 6. The first-order valence-corrected chi connectivity index (χ1v) is 11.2. The van der Waals surface area contributed by atoms with Gasteiger partial charge in [0.2, 0.25) is 0 Å². The van der Waals surface area contributed by atoms with Gasteiger partial charge in [0, 0.05) is 28.6 Å². The Bertz CT molecular complexity index is 1190. The first-order valence-electron chi connectivity index (χ1n) is 9.58. The fraction of sp³-hybridized carbons (Fsp3) is 0.0870. The number of nitrogens with zero attached hydrogens (tertiary/aromatic N) is 3. The number of fused-ring (bicyclic) bond motifs is 1. The van der Waals surface area contributed by atoms with Crippen molar-refractivity contribution in [2.45, 2.75) is 11.3 Å². The Morgan fingerprint density at radius 3 is 2.83 bits per heavy atom. The standard InChI is InChI=1S/C23H18N4OS2/c28-22(26-23-25-20(15-29-23)19-9-3-4-12-24-19)17-7-5-8-18(14-17)30-27-13-11-16-6-1-2-10-21(16)27/h1-10,12,14-15H,11,13H2,(H,25,26,28). The van der Waals surface area contributed by atoms with Crippen molar-refractivity contribution in [2.75, 3.05) is 16.2 Å². The van der Waals surface area contributed by atoms with Crippen molar-refractivity contribution in [3.8, 4) is 11.4 Å². The van der Waals surface area contributed by atoms with E-state index in [1.165, 1.54) is 22.6 Å². The minimum atomic E-state index is -0.166. The zero-order valence-corrected chi connectivity index (χ0v) is 17.6. The van der Waals surface area contributed by atoms with Crippen molar-refractivity contribution < 1.29 is 4.79 Å². The molecule has 1 N–H and O–H groups in total. The predicted molar refractivity (Wildman–Crippen MR) is 123 cm³/mol. The lowest BCUT2D eigenvalue weighted by atomic mass is 10.2. The molecule has 0 saturated heterocycles. The van der Waals surface area contributed by atoms with Crippen LogP contribution in [0.15, 0.2) is 83.2 Å². The molecule has 0 radical (unpaired) electrons. The fourth-order valence-corrected chi connectivity index (χ4v) is 5.09. The van der Waals surface area contributed by atoms with E-state index in [1.54, 1.807) is 18.1 Å². The molecule has 0 aliphatic carbocycles. The first-order chi connectivity index (χ1) is 14.8. The average Bonchev–Trinajstić information content (AvgIpc) is 3.42. The summed E-state index contributed by atoms with van der Waals surface area (Å²) >= 11 is 3.06. The van der Waals surface area contributed by atoms with E-state index < -0.39 is 0 Å². The molecule has 0 atom stereocenters. The molecule has 0 bridgehead atoms. The second-order valence-electron chi connectivity index (χ2n) is 6.81. The molecule has 0 saturated carbocycles. The third-order valence-electron chi connectivity index (χ3n) is 4.81. The van der Waals surface area contributed by atoms with E-state index in [4.69, 9.17) is 0 Å². The number of rotatable bonds is 5. The quantitative estimate of drug-likeness (QED) is 0.422. The highest BCUT2D eigenvalue weighted by Crippen LogP contribution is 2.36. The van der Waals surface area contributed by atoms with Crippen molar-refractivity contribution in [3.63, 3.8) is 0 Å². The zero-order valence-electron chi connectivity index (χ0n) is 16.0. The molecule has 0 spiro atoms. The monoisotopic (exact) mass is 430 g/mol. The third-order valence-corrected chi connectivity index (χ3v) is 6.63. The Morgan fingerprint density at radius 1 is 1.03 bits per heavy atom. The summed E-state index contributed by atoms with van der Waals surface area (Å²) in [4.78, 5) is 22.6. The molecule has 5 rings (SSSR count). The van der Waals surface area contributed by atoms with Crippen LogP contribution in [-0.2, 0) is 6.42 Å². The molecule has 1 aliphatic heterocycles. The van der Waals surface area contributed by atoms with Gasteiger partial charge in [-0.25, -0.2) is 4.98 Å². The number of hydrogen-bond donors (Lipinski definition) is 1. The highest BCUT2D eigenvalue weighted by molar-refractivity contribution is 8.00. The molecule has 1 amide bonds. The number of aromatic nitrogens is 2. The Hall–Kier alpha value is -3.16. The van der Waals surface area contributed by atoms with E-state index in [0.29, 0.717) is 10.7 Å². The van der Waals surface area contributed by atoms with E-state index in [2.05, 4.69) is 43.9 Å². The number of benzene rings is 2. The molecule has 7 heteroatoms. The number of nitrogens with one attached hydrogen (secondary N) is 1. The first kappa shape index (κ1) is 18.8. The summed E-state index contributed by atoms with van der Waals surface area (Å²) in [6.07, 6.45) is 2.78. The average molecular weight is 431 g/mol. The Morgan fingerprint density at radius 2 is 1.93 bits per heavy atom. The maximum atomic E-state index is 12.8. The number of thiazole rings is 1. The van der Waals surface area contributed by atoms with E-state index in [-0.39, 0.29) is 5.91 Å². The summed E-state index contributed by atoms with van der Waals surface area (Å²) in [5, 5.41) is 5.36. The molecular weight excluding hydrogens is 412 g/mol. The summed E-state index contributed by atoms with van der Waals surface area (Å²) in [6.45, 7) is 0.968. The summed E-state index contributed by atoms with van der Waals surface area (Å²) in [5.41, 5.74) is 4.78. The molecule has 4 aromatic rings. The lowest BCUT2D eigenvalue weighted by Crippen LogP contribution is -2.13. The van der Waals surface area contributed by atoms with E-state index >= 15 is 0 Å². The number of anilines is 2. The van der Waals surface area contributed by atoms with Gasteiger partial charge >= 0.3 is 0 Å². The topological polar surface area (TPSA) is 58.1 Å². The van der Waals surface area contributed by atoms with Crippen LogP contribution in [0.2, 0.25) is 0 Å². The molecule has 148 valence electrons. The Balaban J connectivity index is 1.29.